The lowest BCUT2D eigenvalue weighted by molar-refractivity contribution is 0.0507. The predicted octanol–water partition coefficient (Wildman–Crippen LogP) is 1.78. The lowest BCUT2D eigenvalue weighted by Crippen LogP contribution is -2.53. The molecule has 1 atom stereocenters. The highest BCUT2D eigenvalue weighted by molar-refractivity contribution is 7.79. The van der Waals surface area contributed by atoms with Gasteiger partial charge in [0.05, 0.1) is 12.1 Å². The third-order valence-corrected chi connectivity index (χ3v) is 2.81. The molecule has 0 spiro atoms. The summed E-state index contributed by atoms with van der Waals surface area (Å²) in [5.74, 6) is 0.661. The van der Waals surface area contributed by atoms with Crippen molar-refractivity contribution in [2.75, 3.05) is 19.8 Å². The van der Waals surface area contributed by atoms with Crippen LogP contribution < -0.4 is 5.32 Å². The van der Waals surface area contributed by atoms with Crippen molar-refractivity contribution in [1.29, 1.82) is 0 Å². The van der Waals surface area contributed by atoms with E-state index >= 15 is 0 Å². The number of ether oxygens (including phenoxy) is 1. The van der Waals surface area contributed by atoms with Crippen LogP contribution in [0.3, 0.4) is 0 Å². The molecule has 0 aromatic carbocycles. The fraction of sp³-hybridized carbons (Fsp3) is 0.900. The van der Waals surface area contributed by atoms with E-state index in [0.717, 1.165) is 32.6 Å². The smallest absolute Gasteiger partial charge is 0.0705 e. The maximum Gasteiger partial charge on any atom is 0.0705 e. The monoisotopic (exact) mass is 201 g/mol. The van der Waals surface area contributed by atoms with Crippen LogP contribution >= 0.6 is 12.2 Å². The molecule has 2 nitrogen and oxygen atoms in total. The van der Waals surface area contributed by atoms with Crippen molar-refractivity contribution in [3.05, 3.63) is 0 Å². The molecule has 1 heterocycles. The standard InChI is InChI=1S/C10H19NOS/c1-9(2)6-11-10(8-13)4-3-5-12-7-10/h8-9,11H,3-7H2,1-2H3. The van der Waals surface area contributed by atoms with Gasteiger partial charge < -0.3 is 10.1 Å². The number of hydrogen-bond acceptors (Lipinski definition) is 3. The Kier molecular flexibility index (Phi) is 4.29. The van der Waals surface area contributed by atoms with E-state index in [2.05, 4.69) is 19.2 Å². The Morgan fingerprint density at radius 1 is 1.62 bits per heavy atom. The van der Waals surface area contributed by atoms with E-state index < -0.39 is 0 Å². The third-order valence-electron chi connectivity index (χ3n) is 2.36. The first-order valence-electron chi connectivity index (χ1n) is 4.98. The molecule has 0 bridgehead atoms. The van der Waals surface area contributed by atoms with Crippen LogP contribution in [0.1, 0.15) is 26.7 Å². The lowest BCUT2D eigenvalue weighted by atomic mass is 9.94. The molecule has 0 radical (unpaired) electrons. The Labute approximate surface area is 86.0 Å². The highest BCUT2D eigenvalue weighted by Crippen LogP contribution is 2.17. The molecule has 13 heavy (non-hydrogen) atoms. The number of rotatable bonds is 4. The fourth-order valence-electron chi connectivity index (χ4n) is 1.50. The fourth-order valence-corrected chi connectivity index (χ4v) is 1.77. The van der Waals surface area contributed by atoms with Gasteiger partial charge in [-0.3, -0.25) is 0 Å². The molecular formula is C10H19NOS. The molecule has 1 fully saturated rings. The molecular weight excluding hydrogens is 182 g/mol. The molecule has 1 N–H and O–H groups in total. The molecule has 0 aromatic heterocycles. The molecule has 0 amide bonds. The van der Waals surface area contributed by atoms with Crippen LogP contribution in [0.2, 0.25) is 0 Å². The average Bonchev–Trinajstić information content (AvgIpc) is 2.16. The van der Waals surface area contributed by atoms with Crippen molar-refractivity contribution in [3.8, 4) is 0 Å². The summed E-state index contributed by atoms with van der Waals surface area (Å²) >= 11 is 5.07. The van der Waals surface area contributed by atoms with Crippen molar-refractivity contribution < 1.29 is 4.74 Å². The average molecular weight is 201 g/mol. The highest BCUT2D eigenvalue weighted by Gasteiger charge is 2.29. The summed E-state index contributed by atoms with van der Waals surface area (Å²) in [6.45, 7) is 7.04. The third kappa shape index (κ3) is 3.33. The minimum Gasteiger partial charge on any atom is -0.379 e. The zero-order valence-corrected chi connectivity index (χ0v) is 9.32. The Bertz CT molecular complexity index is 164. The second-order valence-corrected chi connectivity index (χ2v) is 4.44. The first-order chi connectivity index (χ1) is 6.18. The van der Waals surface area contributed by atoms with E-state index in [1.165, 1.54) is 0 Å². The summed E-state index contributed by atoms with van der Waals surface area (Å²) in [5, 5.41) is 5.34. The van der Waals surface area contributed by atoms with Gasteiger partial charge in [-0.25, -0.2) is 0 Å². The van der Waals surface area contributed by atoms with E-state index in [1.807, 2.05) is 5.37 Å². The topological polar surface area (TPSA) is 21.3 Å². The van der Waals surface area contributed by atoms with Gasteiger partial charge in [0.1, 0.15) is 0 Å². The quantitative estimate of drug-likeness (QED) is 0.701. The first kappa shape index (κ1) is 11.1. The van der Waals surface area contributed by atoms with Crippen molar-refractivity contribution in [2.24, 2.45) is 5.92 Å². The maximum atomic E-state index is 5.45. The molecule has 0 aliphatic carbocycles. The van der Waals surface area contributed by atoms with E-state index in [-0.39, 0.29) is 5.54 Å². The maximum absolute atomic E-state index is 5.45. The van der Waals surface area contributed by atoms with Crippen molar-refractivity contribution in [2.45, 2.75) is 32.2 Å². The first-order valence-corrected chi connectivity index (χ1v) is 5.45. The van der Waals surface area contributed by atoms with Gasteiger partial charge in [-0.2, -0.15) is 0 Å². The summed E-state index contributed by atoms with van der Waals surface area (Å²) < 4.78 is 5.45. The summed E-state index contributed by atoms with van der Waals surface area (Å²) in [5.41, 5.74) is -0.0299. The van der Waals surface area contributed by atoms with Gasteiger partial charge >= 0.3 is 0 Å². The second-order valence-electron chi connectivity index (χ2n) is 4.20. The number of thiocarbonyl (C=S) groups is 1. The summed E-state index contributed by atoms with van der Waals surface area (Å²) in [6, 6.07) is 0. The minimum atomic E-state index is -0.0299. The van der Waals surface area contributed by atoms with Crippen LogP contribution in [-0.4, -0.2) is 30.7 Å². The molecule has 76 valence electrons. The van der Waals surface area contributed by atoms with E-state index in [1.54, 1.807) is 0 Å². The molecule has 0 aromatic rings. The second kappa shape index (κ2) is 5.03. The summed E-state index contributed by atoms with van der Waals surface area (Å²) in [4.78, 5) is 0. The van der Waals surface area contributed by atoms with Crippen molar-refractivity contribution >= 4 is 17.6 Å². The highest BCUT2D eigenvalue weighted by atomic mass is 32.1. The van der Waals surface area contributed by atoms with E-state index in [0.29, 0.717) is 5.92 Å². The van der Waals surface area contributed by atoms with E-state index in [9.17, 15) is 0 Å². The summed E-state index contributed by atoms with van der Waals surface area (Å²) in [7, 11) is 0. The van der Waals surface area contributed by atoms with Crippen molar-refractivity contribution in [1.82, 2.24) is 5.32 Å². The zero-order chi connectivity index (χ0) is 9.73. The lowest BCUT2D eigenvalue weighted by Gasteiger charge is -2.35. The Morgan fingerprint density at radius 2 is 2.38 bits per heavy atom. The normalized spacial score (nSPS) is 29.2. The van der Waals surface area contributed by atoms with Gasteiger partial charge in [-0.05, 0) is 25.3 Å². The molecule has 3 heteroatoms. The van der Waals surface area contributed by atoms with Crippen LogP contribution in [0.4, 0.5) is 0 Å². The zero-order valence-electron chi connectivity index (χ0n) is 8.51. The molecule has 1 saturated heterocycles. The Hall–Kier alpha value is 0.01000. The van der Waals surface area contributed by atoms with Crippen LogP contribution in [0.5, 0.6) is 0 Å². The van der Waals surface area contributed by atoms with Gasteiger partial charge in [0.15, 0.2) is 0 Å². The summed E-state index contributed by atoms with van der Waals surface area (Å²) in [6.07, 6.45) is 2.22. The van der Waals surface area contributed by atoms with Gasteiger partial charge in [0.25, 0.3) is 0 Å². The largest absolute Gasteiger partial charge is 0.379 e. The van der Waals surface area contributed by atoms with E-state index in [4.69, 9.17) is 17.0 Å². The predicted molar refractivity (Wildman–Crippen MR) is 59.3 cm³/mol. The molecule has 1 aliphatic rings. The van der Waals surface area contributed by atoms with Gasteiger partial charge in [0.2, 0.25) is 0 Å². The van der Waals surface area contributed by atoms with Crippen molar-refractivity contribution in [3.63, 3.8) is 0 Å². The molecule has 0 saturated carbocycles. The minimum absolute atomic E-state index is 0.0299. The molecule has 1 rings (SSSR count). The molecule has 1 unspecified atom stereocenters. The number of hydrogen-bond donors (Lipinski definition) is 1. The van der Waals surface area contributed by atoms with Gasteiger partial charge in [-0.15, -0.1) is 0 Å². The van der Waals surface area contributed by atoms with Crippen LogP contribution in [-0.2, 0) is 4.74 Å². The Balaban J connectivity index is 2.42. The molecule has 1 aliphatic heterocycles. The number of nitrogens with one attached hydrogen (secondary N) is 1. The van der Waals surface area contributed by atoms with Crippen LogP contribution in [0.15, 0.2) is 0 Å². The van der Waals surface area contributed by atoms with Gasteiger partial charge in [-0.1, -0.05) is 26.1 Å². The SMILES string of the molecule is CC(C)CNC1(C=S)CCCOC1. The van der Waals surface area contributed by atoms with Crippen LogP contribution in [0, 0.1) is 5.92 Å². The van der Waals surface area contributed by atoms with Crippen LogP contribution in [0.25, 0.3) is 0 Å². The Morgan fingerprint density at radius 3 is 2.85 bits per heavy atom. The van der Waals surface area contributed by atoms with Gasteiger partial charge in [0, 0.05) is 12.0 Å².